The summed E-state index contributed by atoms with van der Waals surface area (Å²) >= 11 is 0. The number of carbonyl (C=O) groups is 3. The van der Waals surface area contributed by atoms with E-state index < -0.39 is 24.3 Å². The maximum Gasteiger partial charge on any atom is 0.306 e. The first-order valence-electron chi connectivity index (χ1n) is 26.0. The molecule has 0 saturated heterocycles. The van der Waals surface area contributed by atoms with Crippen LogP contribution in [0.2, 0.25) is 0 Å². The van der Waals surface area contributed by atoms with Crippen LogP contribution in [0.25, 0.3) is 0 Å². The van der Waals surface area contributed by atoms with Crippen LogP contribution in [0.5, 0.6) is 0 Å². The Kier molecular flexibility index (Phi) is 45.5. The molecule has 0 radical (unpaired) electrons. The van der Waals surface area contributed by atoms with Crippen molar-refractivity contribution in [2.75, 3.05) is 47.5 Å². The summed E-state index contributed by atoms with van der Waals surface area (Å²) in [6, 6.07) is 0. The fourth-order valence-corrected chi connectivity index (χ4v) is 6.55. The Balaban J connectivity index is 4.41. The topological polar surface area (TPSA) is 111 Å². The zero-order chi connectivity index (χ0) is 49.2. The molecule has 9 heteroatoms. The Morgan fingerprint density at radius 2 is 0.806 bits per heavy atom. The molecule has 0 aromatic rings. The number of allylic oxidation sites excluding steroid dienone is 18. The highest BCUT2D eigenvalue weighted by atomic mass is 16.7. The van der Waals surface area contributed by atoms with Crippen LogP contribution in [0.1, 0.15) is 181 Å². The zero-order valence-electron chi connectivity index (χ0n) is 43.0. The number of quaternary nitrogens is 1. The highest BCUT2D eigenvalue weighted by Gasteiger charge is 2.21. The lowest BCUT2D eigenvalue weighted by Crippen LogP contribution is -2.44. The SMILES string of the molecule is CC/C=C\C/C=C\C/C=C\C/C=C\C/C=C\CCCCCCCC(=O)OC(COC(=O)CCCCCCCCCC/C=C\C/C=C\C/C=C\C/C=C\CC)COC(OCC[N+](C)(C)C)C(=O)[O-]. The maximum absolute atomic E-state index is 12.8. The first kappa shape index (κ1) is 63.0. The standard InChI is InChI=1S/C58H95NO8/c1-6-8-10-12-14-16-18-20-22-24-26-28-30-32-34-36-38-40-42-44-46-48-55(60)65-52-54(53-66-58(57(62)63)64-51-50-59(3,4)5)67-56(61)49-47-45-43-41-39-37-35-33-31-29-27-25-23-21-19-17-15-13-11-9-7-2/h8-11,14-17,20-23,26-29,33,35,54,58H,6-7,12-13,18-19,24-25,30-32,34,36-53H2,1-5H3/b10-8-,11-9-,16-14-,17-15-,22-20-,23-21-,28-26-,29-27-,35-33-. The Morgan fingerprint density at radius 1 is 0.448 bits per heavy atom. The first-order valence-corrected chi connectivity index (χ1v) is 26.0. The number of esters is 2. The smallest absolute Gasteiger partial charge is 0.306 e. The van der Waals surface area contributed by atoms with E-state index in [4.69, 9.17) is 18.9 Å². The van der Waals surface area contributed by atoms with Gasteiger partial charge in [-0.1, -0.05) is 181 Å². The van der Waals surface area contributed by atoms with Crippen LogP contribution in [0.15, 0.2) is 109 Å². The number of aliphatic carboxylic acids is 1. The number of likely N-dealkylation sites (N-methyl/N-ethyl adjacent to an activating group) is 1. The van der Waals surface area contributed by atoms with Gasteiger partial charge in [0.05, 0.1) is 40.3 Å². The Bertz CT molecular complexity index is 1460. The van der Waals surface area contributed by atoms with E-state index in [1.54, 1.807) is 0 Å². The van der Waals surface area contributed by atoms with Crippen molar-refractivity contribution in [1.82, 2.24) is 0 Å². The Hall–Kier alpha value is -4.05. The number of rotatable bonds is 46. The quantitative estimate of drug-likeness (QED) is 0.0195. The number of carboxylic acids is 1. The molecule has 0 heterocycles. The molecule has 67 heavy (non-hydrogen) atoms. The summed E-state index contributed by atoms with van der Waals surface area (Å²) in [7, 11) is 5.89. The summed E-state index contributed by atoms with van der Waals surface area (Å²) in [4.78, 5) is 37.2. The fourth-order valence-electron chi connectivity index (χ4n) is 6.55. The highest BCUT2D eigenvalue weighted by Crippen LogP contribution is 2.13. The summed E-state index contributed by atoms with van der Waals surface area (Å²) in [5.74, 6) is -2.34. The molecule has 2 atom stereocenters. The second-order valence-corrected chi connectivity index (χ2v) is 18.0. The minimum atomic E-state index is -1.64. The van der Waals surface area contributed by atoms with E-state index >= 15 is 0 Å². The van der Waals surface area contributed by atoms with Gasteiger partial charge in [0.15, 0.2) is 12.4 Å². The van der Waals surface area contributed by atoms with Crippen molar-refractivity contribution in [1.29, 1.82) is 0 Å². The Morgan fingerprint density at radius 3 is 1.19 bits per heavy atom. The molecule has 380 valence electrons. The van der Waals surface area contributed by atoms with Gasteiger partial charge in [-0.25, -0.2) is 0 Å². The van der Waals surface area contributed by atoms with E-state index in [9.17, 15) is 19.5 Å². The number of hydrogen-bond acceptors (Lipinski definition) is 8. The van der Waals surface area contributed by atoms with Gasteiger partial charge >= 0.3 is 11.9 Å². The molecule has 0 aromatic carbocycles. The molecule has 0 N–H and O–H groups in total. The molecule has 0 saturated carbocycles. The molecular weight excluding hydrogens is 839 g/mol. The molecule has 0 aliphatic heterocycles. The van der Waals surface area contributed by atoms with Gasteiger partial charge in [-0.2, -0.15) is 0 Å². The zero-order valence-corrected chi connectivity index (χ0v) is 43.0. The average Bonchev–Trinajstić information content (AvgIpc) is 3.29. The van der Waals surface area contributed by atoms with Crippen molar-refractivity contribution in [3.63, 3.8) is 0 Å². The van der Waals surface area contributed by atoms with Gasteiger partial charge in [0.25, 0.3) is 0 Å². The third-order valence-electron chi connectivity index (χ3n) is 10.5. The minimum Gasteiger partial charge on any atom is -0.545 e. The van der Waals surface area contributed by atoms with Crippen molar-refractivity contribution >= 4 is 17.9 Å². The first-order chi connectivity index (χ1) is 32.6. The van der Waals surface area contributed by atoms with E-state index in [2.05, 4.69) is 123 Å². The fraction of sp³-hybridized carbons (Fsp3) is 0.638. The van der Waals surface area contributed by atoms with Crippen molar-refractivity contribution in [3.8, 4) is 0 Å². The van der Waals surface area contributed by atoms with Gasteiger partial charge in [0, 0.05) is 12.8 Å². The van der Waals surface area contributed by atoms with Crippen molar-refractivity contribution in [2.24, 2.45) is 0 Å². The molecule has 9 nitrogen and oxygen atoms in total. The average molecular weight is 934 g/mol. The van der Waals surface area contributed by atoms with Gasteiger partial charge in [-0.3, -0.25) is 9.59 Å². The summed E-state index contributed by atoms with van der Waals surface area (Å²) in [5, 5.41) is 11.7. The van der Waals surface area contributed by atoms with Gasteiger partial charge in [-0.05, 0) is 96.3 Å². The summed E-state index contributed by atoms with van der Waals surface area (Å²) in [5.41, 5.74) is 0. The van der Waals surface area contributed by atoms with E-state index in [1.807, 2.05) is 21.1 Å². The van der Waals surface area contributed by atoms with Crippen LogP contribution in [0.4, 0.5) is 0 Å². The molecule has 0 aliphatic carbocycles. The monoisotopic (exact) mass is 934 g/mol. The maximum atomic E-state index is 12.8. The molecule has 0 rings (SSSR count). The normalized spacial score (nSPS) is 13.7. The van der Waals surface area contributed by atoms with E-state index in [0.29, 0.717) is 17.4 Å². The highest BCUT2D eigenvalue weighted by molar-refractivity contribution is 5.70. The molecule has 0 bridgehead atoms. The number of unbranched alkanes of at least 4 members (excludes halogenated alkanes) is 13. The van der Waals surface area contributed by atoms with Gasteiger partial charge in [0.1, 0.15) is 13.2 Å². The van der Waals surface area contributed by atoms with Crippen molar-refractivity contribution in [3.05, 3.63) is 109 Å². The second-order valence-electron chi connectivity index (χ2n) is 18.0. The van der Waals surface area contributed by atoms with Crippen molar-refractivity contribution < 1.29 is 42.9 Å². The lowest BCUT2D eigenvalue weighted by atomic mass is 10.1. The summed E-state index contributed by atoms with van der Waals surface area (Å²) in [6.45, 7) is 4.46. The van der Waals surface area contributed by atoms with Crippen LogP contribution in [0.3, 0.4) is 0 Å². The molecule has 0 aromatic heterocycles. The lowest BCUT2D eigenvalue weighted by Gasteiger charge is -2.26. The number of ether oxygens (including phenoxy) is 4. The number of carbonyl (C=O) groups excluding carboxylic acids is 3. The predicted octanol–water partition coefficient (Wildman–Crippen LogP) is 13.4. The molecule has 2 unspecified atom stereocenters. The predicted molar refractivity (Wildman–Crippen MR) is 278 cm³/mol. The van der Waals surface area contributed by atoms with Crippen LogP contribution < -0.4 is 5.11 Å². The van der Waals surface area contributed by atoms with Gasteiger partial charge in [0.2, 0.25) is 0 Å². The molecular formula is C58H95NO8. The van der Waals surface area contributed by atoms with Crippen LogP contribution in [0, 0.1) is 0 Å². The molecule has 0 aliphatic rings. The van der Waals surface area contributed by atoms with Crippen LogP contribution in [-0.4, -0.2) is 82.3 Å². The summed E-state index contributed by atoms with van der Waals surface area (Å²) in [6.07, 6.45) is 62.6. The largest absolute Gasteiger partial charge is 0.545 e. The van der Waals surface area contributed by atoms with E-state index in [-0.39, 0.29) is 38.6 Å². The number of hydrogen-bond donors (Lipinski definition) is 0. The van der Waals surface area contributed by atoms with Gasteiger partial charge < -0.3 is 33.3 Å². The molecule has 0 spiro atoms. The minimum absolute atomic E-state index is 0.136. The second kappa shape index (κ2) is 48.4. The van der Waals surface area contributed by atoms with Crippen LogP contribution >= 0.6 is 0 Å². The van der Waals surface area contributed by atoms with Gasteiger partial charge in [-0.15, -0.1) is 0 Å². The lowest BCUT2D eigenvalue weighted by molar-refractivity contribution is -0.870. The number of nitrogens with zero attached hydrogens (tertiary/aromatic N) is 1. The van der Waals surface area contributed by atoms with E-state index in [0.717, 1.165) is 122 Å². The summed E-state index contributed by atoms with van der Waals surface area (Å²) < 4.78 is 22.6. The van der Waals surface area contributed by atoms with E-state index in [1.165, 1.54) is 25.7 Å². The Labute approximate surface area is 409 Å². The number of carboxylic acid groups (broad SMARTS) is 1. The third kappa shape index (κ3) is 49.7. The molecule has 0 amide bonds. The van der Waals surface area contributed by atoms with Crippen molar-refractivity contribution in [2.45, 2.75) is 193 Å². The van der Waals surface area contributed by atoms with Crippen LogP contribution in [-0.2, 0) is 33.3 Å². The third-order valence-corrected chi connectivity index (χ3v) is 10.5. The molecule has 0 fully saturated rings.